The lowest BCUT2D eigenvalue weighted by molar-refractivity contribution is 0.0526. The number of benzene rings is 1. The maximum atomic E-state index is 11.8. The molecule has 1 aliphatic heterocycles. The topological polar surface area (TPSA) is 96.0 Å². The van der Waals surface area contributed by atoms with Gasteiger partial charge in [0.1, 0.15) is 11.5 Å². The normalized spacial score (nSPS) is 14.3. The lowest BCUT2D eigenvalue weighted by Crippen LogP contribution is -2.40. The Labute approximate surface area is 186 Å². The number of pyridine rings is 1. The predicted molar refractivity (Wildman–Crippen MR) is 122 cm³/mol. The van der Waals surface area contributed by atoms with Crippen molar-refractivity contribution in [2.24, 2.45) is 0 Å². The van der Waals surface area contributed by atoms with Crippen LogP contribution in [0.2, 0.25) is 0 Å². The van der Waals surface area contributed by atoms with Gasteiger partial charge in [-0.1, -0.05) is 6.07 Å². The lowest BCUT2D eigenvalue weighted by atomic mass is 9.96. The van der Waals surface area contributed by atoms with Crippen LogP contribution in [0.4, 0.5) is 5.69 Å². The van der Waals surface area contributed by atoms with E-state index in [4.69, 9.17) is 17.0 Å². The minimum absolute atomic E-state index is 0.313. The Balaban J connectivity index is 1.30. The average Bonchev–Trinajstić information content (AvgIpc) is 3.31. The molecule has 0 spiro atoms. The molecule has 31 heavy (non-hydrogen) atoms. The Morgan fingerprint density at radius 3 is 2.68 bits per heavy atom. The van der Waals surface area contributed by atoms with Crippen LogP contribution in [0.25, 0.3) is 11.5 Å². The summed E-state index contributed by atoms with van der Waals surface area (Å²) in [6, 6.07) is 12.8. The van der Waals surface area contributed by atoms with Gasteiger partial charge in [0.15, 0.2) is 10.9 Å². The fourth-order valence-electron chi connectivity index (χ4n) is 3.53. The van der Waals surface area contributed by atoms with Crippen LogP contribution in [0.1, 0.15) is 41.9 Å². The van der Waals surface area contributed by atoms with E-state index >= 15 is 0 Å². The summed E-state index contributed by atoms with van der Waals surface area (Å²) in [6.07, 6.45) is 3.60. The van der Waals surface area contributed by atoms with Gasteiger partial charge < -0.3 is 15.0 Å². The lowest BCUT2D eigenvalue weighted by Gasteiger charge is -2.33. The second-order valence-corrected chi connectivity index (χ2v) is 7.64. The third-order valence-corrected chi connectivity index (χ3v) is 5.57. The fourth-order valence-corrected chi connectivity index (χ4v) is 3.83. The third-order valence-electron chi connectivity index (χ3n) is 5.21. The molecule has 1 aliphatic rings. The monoisotopic (exact) mass is 436 g/mol. The van der Waals surface area contributed by atoms with Crippen molar-refractivity contribution in [1.82, 2.24) is 25.1 Å². The first-order valence-corrected chi connectivity index (χ1v) is 10.7. The highest BCUT2D eigenvalue weighted by Gasteiger charge is 2.25. The Hall–Kier alpha value is -3.33. The maximum absolute atomic E-state index is 11.8. The predicted octanol–water partition coefficient (Wildman–Crippen LogP) is 3.62. The highest BCUT2D eigenvalue weighted by molar-refractivity contribution is 7.80. The molecule has 0 atom stereocenters. The van der Waals surface area contributed by atoms with Gasteiger partial charge in [-0.15, -0.1) is 0 Å². The molecule has 8 nitrogen and oxygen atoms in total. The number of hydrogen-bond acceptors (Lipinski definition) is 6. The number of carbonyl (C=O) groups is 1. The first kappa shape index (κ1) is 20.9. The van der Waals surface area contributed by atoms with Gasteiger partial charge in [-0.2, -0.15) is 5.10 Å². The smallest absolute Gasteiger partial charge is 0.338 e. The zero-order valence-corrected chi connectivity index (χ0v) is 18.1. The van der Waals surface area contributed by atoms with Gasteiger partial charge in [-0.05, 0) is 68.4 Å². The van der Waals surface area contributed by atoms with E-state index in [1.54, 1.807) is 25.3 Å². The molecule has 0 amide bonds. The average molecular weight is 437 g/mol. The second kappa shape index (κ2) is 9.65. The first-order chi connectivity index (χ1) is 15.1. The van der Waals surface area contributed by atoms with E-state index in [2.05, 4.69) is 30.4 Å². The minimum atomic E-state index is -0.322. The molecule has 0 unspecified atom stereocenters. The van der Waals surface area contributed by atoms with Crippen LogP contribution in [0.5, 0.6) is 0 Å². The number of carbonyl (C=O) groups excluding carboxylic acids is 1. The Morgan fingerprint density at radius 2 is 2.00 bits per heavy atom. The van der Waals surface area contributed by atoms with E-state index < -0.39 is 0 Å². The molecule has 160 valence electrons. The molecule has 1 fully saturated rings. The number of H-pyrrole nitrogens is 1. The van der Waals surface area contributed by atoms with Gasteiger partial charge in [0, 0.05) is 30.9 Å². The van der Waals surface area contributed by atoms with Gasteiger partial charge in [-0.3, -0.25) is 10.1 Å². The van der Waals surface area contributed by atoms with Crippen LogP contribution in [-0.2, 0) is 4.74 Å². The van der Waals surface area contributed by atoms with Crippen molar-refractivity contribution in [3.05, 3.63) is 60.0 Å². The number of likely N-dealkylation sites (tertiary alicyclic amines) is 1. The van der Waals surface area contributed by atoms with Crippen molar-refractivity contribution in [2.75, 3.05) is 25.0 Å². The Bertz CT molecular complexity index is 1030. The largest absolute Gasteiger partial charge is 0.462 e. The number of thiocarbonyl (C=S) groups is 1. The first-order valence-electron chi connectivity index (χ1n) is 10.3. The molecule has 4 rings (SSSR count). The number of hydrogen-bond donors (Lipinski definition) is 2. The molecule has 3 heterocycles. The molecule has 2 aromatic heterocycles. The summed E-state index contributed by atoms with van der Waals surface area (Å²) in [5.41, 5.74) is 2.13. The minimum Gasteiger partial charge on any atom is -0.462 e. The number of ether oxygens (including phenoxy) is 1. The molecule has 3 aromatic rings. The van der Waals surface area contributed by atoms with E-state index in [1.807, 2.05) is 30.3 Å². The molecule has 9 heteroatoms. The number of piperidine rings is 1. The van der Waals surface area contributed by atoms with Crippen molar-refractivity contribution in [2.45, 2.75) is 25.7 Å². The number of nitrogens with zero attached hydrogens (tertiary/aromatic N) is 4. The van der Waals surface area contributed by atoms with E-state index in [0.717, 1.165) is 43.1 Å². The molecule has 0 bridgehead atoms. The van der Waals surface area contributed by atoms with Gasteiger partial charge in [0.2, 0.25) is 0 Å². The van der Waals surface area contributed by atoms with Crippen LogP contribution >= 0.6 is 12.2 Å². The standard InChI is InChI=1S/C22H24N6O2S/c1-2-30-21(29)16-6-8-17(9-7-16)24-22(31)28-13-10-15(11-14-28)19-25-20(27-26-19)18-5-3-4-12-23-18/h3-9,12,15H,2,10-11,13-14H2,1H3,(H,24,31)(H,25,26,27). The summed E-state index contributed by atoms with van der Waals surface area (Å²) in [5.74, 6) is 1.51. The van der Waals surface area contributed by atoms with Gasteiger partial charge >= 0.3 is 5.97 Å². The number of aromatic amines is 1. The second-order valence-electron chi connectivity index (χ2n) is 7.25. The maximum Gasteiger partial charge on any atom is 0.338 e. The van der Waals surface area contributed by atoms with Crippen molar-refractivity contribution >= 4 is 29.0 Å². The number of anilines is 1. The molecule has 1 saturated heterocycles. The number of esters is 1. The van der Waals surface area contributed by atoms with Crippen LogP contribution in [0, 0.1) is 0 Å². The van der Waals surface area contributed by atoms with E-state index in [9.17, 15) is 4.79 Å². The quantitative estimate of drug-likeness (QED) is 0.462. The molecule has 0 saturated carbocycles. The van der Waals surface area contributed by atoms with Gasteiger partial charge in [0.25, 0.3) is 0 Å². The SMILES string of the molecule is CCOC(=O)c1ccc(NC(=S)N2CCC(c3nc(-c4ccccn4)n[nH]3)CC2)cc1. The summed E-state index contributed by atoms with van der Waals surface area (Å²) in [5, 5.41) is 11.3. The van der Waals surface area contributed by atoms with E-state index in [1.165, 1.54) is 0 Å². The summed E-state index contributed by atoms with van der Waals surface area (Å²) >= 11 is 5.58. The summed E-state index contributed by atoms with van der Waals surface area (Å²) in [7, 11) is 0. The summed E-state index contributed by atoms with van der Waals surface area (Å²) < 4.78 is 5.01. The Kier molecular flexibility index (Phi) is 6.51. The van der Waals surface area contributed by atoms with Crippen LogP contribution in [0.15, 0.2) is 48.7 Å². The van der Waals surface area contributed by atoms with Gasteiger partial charge in [0.05, 0.1) is 12.2 Å². The Morgan fingerprint density at radius 1 is 1.23 bits per heavy atom. The molecule has 0 radical (unpaired) electrons. The van der Waals surface area contributed by atoms with E-state index in [0.29, 0.717) is 29.0 Å². The van der Waals surface area contributed by atoms with E-state index in [-0.39, 0.29) is 5.97 Å². The van der Waals surface area contributed by atoms with Crippen molar-refractivity contribution in [3.8, 4) is 11.5 Å². The van der Waals surface area contributed by atoms with Gasteiger partial charge in [-0.25, -0.2) is 9.78 Å². The van der Waals surface area contributed by atoms with Crippen LogP contribution in [0.3, 0.4) is 0 Å². The van der Waals surface area contributed by atoms with Crippen molar-refractivity contribution < 1.29 is 9.53 Å². The highest BCUT2D eigenvalue weighted by atomic mass is 32.1. The zero-order chi connectivity index (χ0) is 21.6. The number of rotatable bonds is 5. The van der Waals surface area contributed by atoms with Crippen molar-refractivity contribution in [3.63, 3.8) is 0 Å². The summed E-state index contributed by atoms with van der Waals surface area (Å²) in [6.45, 7) is 3.81. The molecule has 0 aliphatic carbocycles. The highest BCUT2D eigenvalue weighted by Crippen LogP contribution is 2.27. The molecule has 1 aromatic carbocycles. The molecular formula is C22H24N6O2S. The molecular weight excluding hydrogens is 412 g/mol. The van der Waals surface area contributed by atoms with Crippen LogP contribution in [-0.4, -0.2) is 55.8 Å². The van der Waals surface area contributed by atoms with Crippen LogP contribution < -0.4 is 5.32 Å². The fraction of sp³-hybridized carbons (Fsp3) is 0.318. The number of aromatic nitrogens is 4. The number of nitrogens with one attached hydrogen (secondary N) is 2. The zero-order valence-electron chi connectivity index (χ0n) is 17.2. The summed E-state index contributed by atoms with van der Waals surface area (Å²) in [4.78, 5) is 22.9. The third kappa shape index (κ3) is 5.05. The van der Waals surface area contributed by atoms with Crippen molar-refractivity contribution in [1.29, 1.82) is 0 Å². The molecule has 2 N–H and O–H groups in total.